The number of hydrogen-bond donors (Lipinski definition) is 2. The molecule has 0 unspecified atom stereocenters. The molecule has 2 N–H and O–H groups in total. The van der Waals surface area contributed by atoms with E-state index in [1.54, 1.807) is 0 Å². The van der Waals surface area contributed by atoms with E-state index in [4.69, 9.17) is 0 Å². The number of hydrogen-bond acceptors (Lipinski definition) is 5. The van der Waals surface area contributed by atoms with Gasteiger partial charge in [-0.1, -0.05) is 12.1 Å². The summed E-state index contributed by atoms with van der Waals surface area (Å²) in [6.45, 7) is 5.83. The molecule has 7 nitrogen and oxygen atoms in total. The molecule has 2 aromatic rings. The zero-order valence-corrected chi connectivity index (χ0v) is 15.0. The van der Waals surface area contributed by atoms with Gasteiger partial charge in [0, 0.05) is 37.9 Å². The Labute approximate surface area is 153 Å². The molecule has 4 rings (SSSR count). The van der Waals surface area contributed by atoms with E-state index >= 15 is 0 Å². The van der Waals surface area contributed by atoms with Gasteiger partial charge in [-0.2, -0.15) is 0 Å². The van der Waals surface area contributed by atoms with Gasteiger partial charge in [0.1, 0.15) is 0 Å². The molecule has 2 fully saturated rings. The summed E-state index contributed by atoms with van der Waals surface area (Å²) in [5.41, 5.74) is 2.56. The lowest BCUT2D eigenvalue weighted by molar-refractivity contribution is 0.251. The Bertz CT molecular complexity index is 766. The number of urea groups is 1. The number of nitrogens with zero attached hydrogens (tertiary/aromatic N) is 4. The maximum Gasteiger partial charge on any atom is 0.320 e. The highest BCUT2D eigenvalue weighted by molar-refractivity contribution is 5.88. The highest BCUT2D eigenvalue weighted by atomic mass is 16.2. The van der Waals surface area contributed by atoms with Crippen LogP contribution in [0.4, 0.5) is 22.1 Å². The molecule has 2 heterocycles. The Morgan fingerprint density at radius 1 is 1.04 bits per heavy atom. The smallest absolute Gasteiger partial charge is 0.320 e. The lowest BCUT2D eigenvalue weighted by atomic mass is 10.2. The van der Waals surface area contributed by atoms with E-state index in [9.17, 15) is 4.79 Å². The number of benzene rings is 1. The third-order valence-corrected chi connectivity index (χ3v) is 4.78. The van der Waals surface area contributed by atoms with Crippen molar-refractivity contribution in [3.05, 3.63) is 42.0 Å². The fourth-order valence-corrected chi connectivity index (χ4v) is 3.14. The molecule has 1 saturated carbocycles. The van der Waals surface area contributed by atoms with Crippen LogP contribution in [0.15, 0.2) is 36.4 Å². The van der Waals surface area contributed by atoms with E-state index in [2.05, 4.69) is 61.8 Å². The zero-order chi connectivity index (χ0) is 17.9. The molecule has 7 heteroatoms. The summed E-state index contributed by atoms with van der Waals surface area (Å²) < 4.78 is 0. The van der Waals surface area contributed by atoms with E-state index in [1.165, 1.54) is 11.3 Å². The third-order valence-electron chi connectivity index (χ3n) is 4.78. The molecular formula is C19H24N6O. The normalized spacial score (nSPS) is 17.1. The second-order valence-electron chi connectivity index (χ2n) is 6.96. The number of amides is 2. The predicted molar refractivity (Wildman–Crippen MR) is 103 cm³/mol. The summed E-state index contributed by atoms with van der Waals surface area (Å²) in [6, 6.07) is 12.5. The first-order valence-electron chi connectivity index (χ1n) is 9.15. The Morgan fingerprint density at radius 3 is 2.46 bits per heavy atom. The molecule has 2 amide bonds. The van der Waals surface area contributed by atoms with Crippen LogP contribution >= 0.6 is 0 Å². The molecule has 26 heavy (non-hydrogen) atoms. The Morgan fingerprint density at radius 2 is 1.81 bits per heavy atom. The number of carbonyl (C=O) groups excluding carboxylic acids is 1. The number of piperazine rings is 1. The first-order chi connectivity index (χ1) is 12.7. The van der Waals surface area contributed by atoms with Crippen LogP contribution < -0.4 is 20.4 Å². The Balaban J connectivity index is 1.31. The number of anilines is 3. The molecule has 2 aliphatic rings. The molecule has 1 aliphatic carbocycles. The third kappa shape index (κ3) is 4.04. The van der Waals surface area contributed by atoms with E-state index in [1.807, 2.05) is 12.1 Å². The minimum Gasteiger partial charge on any atom is -0.368 e. The van der Waals surface area contributed by atoms with Gasteiger partial charge in [-0.15, -0.1) is 10.2 Å². The largest absolute Gasteiger partial charge is 0.368 e. The second kappa shape index (κ2) is 7.19. The van der Waals surface area contributed by atoms with Gasteiger partial charge in [0.05, 0.1) is 0 Å². The van der Waals surface area contributed by atoms with Crippen molar-refractivity contribution in [2.24, 2.45) is 0 Å². The van der Waals surface area contributed by atoms with Gasteiger partial charge in [-0.05, 0) is 49.6 Å². The van der Waals surface area contributed by atoms with Gasteiger partial charge in [0.25, 0.3) is 0 Å². The van der Waals surface area contributed by atoms with Crippen molar-refractivity contribution in [3.63, 3.8) is 0 Å². The van der Waals surface area contributed by atoms with Gasteiger partial charge in [0.2, 0.25) is 0 Å². The minimum absolute atomic E-state index is 0.207. The van der Waals surface area contributed by atoms with Crippen molar-refractivity contribution >= 4 is 23.4 Å². The number of aryl methyl sites for hydroxylation is 1. The van der Waals surface area contributed by atoms with Gasteiger partial charge < -0.3 is 15.1 Å². The van der Waals surface area contributed by atoms with Crippen LogP contribution in [0.1, 0.15) is 18.4 Å². The van der Waals surface area contributed by atoms with Crippen LogP contribution in [0.2, 0.25) is 0 Å². The van der Waals surface area contributed by atoms with Crippen molar-refractivity contribution < 1.29 is 4.79 Å². The molecule has 0 atom stereocenters. The molecule has 1 aromatic carbocycles. The summed E-state index contributed by atoms with van der Waals surface area (Å²) in [6.07, 6.45) is 2.12. The molecule has 1 saturated heterocycles. The summed E-state index contributed by atoms with van der Waals surface area (Å²) in [5, 5.41) is 14.0. The number of carbonyl (C=O) groups is 1. The summed E-state index contributed by atoms with van der Waals surface area (Å²) in [7, 11) is 0. The first-order valence-corrected chi connectivity index (χ1v) is 9.15. The topological polar surface area (TPSA) is 73.4 Å². The summed E-state index contributed by atoms with van der Waals surface area (Å²) in [4.78, 5) is 16.4. The number of aromatic nitrogens is 2. The van der Waals surface area contributed by atoms with Crippen LogP contribution in [-0.4, -0.2) is 48.4 Å². The highest BCUT2D eigenvalue weighted by Crippen LogP contribution is 2.21. The van der Waals surface area contributed by atoms with Crippen LogP contribution in [0.5, 0.6) is 0 Å². The maximum absolute atomic E-state index is 11.7. The quantitative estimate of drug-likeness (QED) is 0.884. The molecule has 1 aromatic heterocycles. The Hall–Kier alpha value is -2.83. The van der Waals surface area contributed by atoms with E-state index in [0.29, 0.717) is 11.9 Å². The van der Waals surface area contributed by atoms with Crippen molar-refractivity contribution in [1.29, 1.82) is 0 Å². The maximum atomic E-state index is 11.7. The standard InChI is InChI=1S/C19H24N6O/c1-14-3-2-4-16(13-14)24-9-11-25(12-10-24)18-8-7-17(22-23-18)21-19(26)20-15-5-6-15/h2-4,7-8,13,15H,5-6,9-12H2,1H3,(H2,20,21,22,26). The van der Waals surface area contributed by atoms with Gasteiger partial charge in [0.15, 0.2) is 11.6 Å². The predicted octanol–water partition coefficient (Wildman–Crippen LogP) is 2.40. The lowest BCUT2D eigenvalue weighted by Crippen LogP contribution is -2.46. The van der Waals surface area contributed by atoms with Gasteiger partial charge in [-0.3, -0.25) is 5.32 Å². The first kappa shape index (κ1) is 16.6. The van der Waals surface area contributed by atoms with Crippen molar-refractivity contribution in [3.8, 4) is 0 Å². The van der Waals surface area contributed by atoms with E-state index in [-0.39, 0.29) is 6.03 Å². The van der Waals surface area contributed by atoms with Crippen molar-refractivity contribution in [2.75, 3.05) is 41.3 Å². The molecule has 136 valence electrons. The molecule has 1 aliphatic heterocycles. The van der Waals surface area contributed by atoms with Crippen molar-refractivity contribution in [2.45, 2.75) is 25.8 Å². The van der Waals surface area contributed by atoms with Gasteiger partial charge in [-0.25, -0.2) is 4.79 Å². The van der Waals surface area contributed by atoms with Crippen molar-refractivity contribution in [1.82, 2.24) is 15.5 Å². The monoisotopic (exact) mass is 352 g/mol. The molecular weight excluding hydrogens is 328 g/mol. The van der Waals surface area contributed by atoms with E-state index in [0.717, 1.165) is 44.8 Å². The lowest BCUT2D eigenvalue weighted by Gasteiger charge is -2.36. The van der Waals surface area contributed by atoms with Gasteiger partial charge >= 0.3 is 6.03 Å². The fraction of sp³-hybridized carbons (Fsp3) is 0.421. The zero-order valence-electron chi connectivity index (χ0n) is 15.0. The average molecular weight is 352 g/mol. The SMILES string of the molecule is Cc1cccc(N2CCN(c3ccc(NC(=O)NC4CC4)nn3)CC2)c1. The fourth-order valence-electron chi connectivity index (χ4n) is 3.14. The van der Waals surface area contributed by atoms with Crippen LogP contribution in [0.25, 0.3) is 0 Å². The highest BCUT2D eigenvalue weighted by Gasteiger charge is 2.23. The Kier molecular flexibility index (Phi) is 4.60. The minimum atomic E-state index is -0.207. The van der Waals surface area contributed by atoms with E-state index < -0.39 is 0 Å². The molecule has 0 radical (unpaired) electrons. The number of nitrogens with one attached hydrogen (secondary N) is 2. The van der Waals surface area contributed by atoms with Crippen LogP contribution in [0, 0.1) is 6.92 Å². The molecule has 0 spiro atoms. The average Bonchev–Trinajstić information content (AvgIpc) is 3.46. The number of rotatable bonds is 4. The van der Waals surface area contributed by atoms with Crippen LogP contribution in [0.3, 0.4) is 0 Å². The molecule has 0 bridgehead atoms. The van der Waals surface area contributed by atoms with Crippen LogP contribution in [-0.2, 0) is 0 Å². The summed E-state index contributed by atoms with van der Waals surface area (Å²) in [5.74, 6) is 1.33. The summed E-state index contributed by atoms with van der Waals surface area (Å²) >= 11 is 0. The second-order valence-corrected chi connectivity index (χ2v) is 6.96.